The fourth-order valence-electron chi connectivity index (χ4n) is 3.16. The zero-order valence-corrected chi connectivity index (χ0v) is 16.1. The lowest BCUT2D eigenvalue weighted by Gasteiger charge is -2.24. The van der Waals surface area contributed by atoms with Crippen LogP contribution in [0.4, 0.5) is 0 Å². The third kappa shape index (κ3) is 4.53. The molecule has 0 saturated heterocycles. The number of nitriles is 1. The minimum absolute atomic E-state index is 0.205. The molecule has 2 aromatic carbocycles. The Bertz CT molecular complexity index is 854. The first kappa shape index (κ1) is 20.2. The van der Waals surface area contributed by atoms with Crippen LogP contribution in [-0.4, -0.2) is 30.9 Å². The molecular weight excluding hydrogens is 340 g/mol. The number of esters is 1. The highest BCUT2D eigenvalue weighted by Gasteiger charge is 2.30. The van der Waals surface area contributed by atoms with Crippen molar-refractivity contribution in [3.63, 3.8) is 0 Å². The predicted octanol–water partition coefficient (Wildman–Crippen LogP) is 4.21. The molecule has 0 fully saturated rings. The molecule has 140 valence electrons. The molecule has 1 atom stereocenters. The molecule has 0 heterocycles. The van der Waals surface area contributed by atoms with E-state index in [1.165, 1.54) is 14.2 Å². The molecule has 0 spiro atoms. The van der Waals surface area contributed by atoms with Gasteiger partial charge in [0.05, 0.1) is 18.6 Å². The van der Waals surface area contributed by atoms with Crippen molar-refractivity contribution in [3.05, 3.63) is 59.7 Å². The molecule has 0 radical (unpaired) electrons. The van der Waals surface area contributed by atoms with Crippen molar-refractivity contribution in [2.24, 2.45) is 5.92 Å². The second kappa shape index (κ2) is 9.00. The van der Waals surface area contributed by atoms with Gasteiger partial charge in [-0.2, -0.15) is 5.26 Å². The molecule has 5 nitrogen and oxygen atoms in total. The molecule has 0 N–H and O–H groups in total. The smallest absolute Gasteiger partial charge is 0.338 e. The van der Waals surface area contributed by atoms with Crippen LogP contribution in [0, 0.1) is 17.4 Å². The van der Waals surface area contributed by atoms with E-state index in [0.717, 1.165) is 10.5 Å². The van der Waals surface area contributed by atoms with Crippen LogP contribution in [0.3, 0.4) is 0 Å². The number of carbonyl (C=O) groups excluding carboxylic acids is 2. The Morgan fingerprint density at radius 3 is 2.33 bits per heavy atom. The maximum Gasteiger partial charge on any atom is 0.338 e. The molecule has 0 aromatic heterocycles. The summed E-state index contributed by atoms with van der Waals surface area (Å²) in [7, 11) is 2.77. The normalized spacial score (nSPS) is 11.6. The highest BCUT2D eigenvalue weighted by atomic mass is 16.5. The van der Waals surface area contributed by atoms with E-state index < -0.39 is 11.9 Å². The fourth-order valence-corrected chi connectivity index (χ4v) is 3.16. The fraction of sp³-hybridized carbons (Fsp3) is 0.318. The third-order valence-electron chi connectivity index (χ3n) is 4.43. The molecule has 1 amide bonds. The van der Waals surface area contributed by atoms with Gasteiger partial charge in [-0.25, -0.2) is 4.79 Å². The van der Waals surface area contributed by atoms with Gasteiger partial charge in [-0.15, -0.1) is 0 Å². The quantitative estimate of drug-likeness (QED) is 0.437. The average Bonchev–Trinajstić information content (AvgIpc) is 2.70. The second-order valence-electron chi connectivity index (χ2n) is 6.81. The number of ether oxygens (including phenoxy) is 1. The number of nitrogens with zero attached hydrogens (tertiary/aromatic N) is 2. The predicted molar refractivity (Wildman–Crippen MR) is 104 cm³/mol. The van der Waals surface area contributed by atoms with Crippen LogP contribution in [0.5, 0.6) is 0 Å². The Balaban J connectivity index is 2.71. The summed E-state index contributed by atoms with van der Waals surface area (Å²) in [5, 5.41) is 9.16. The van der Waals surface area contributed by atoms with Gasteiger partial charge in [0.2, 0.25) is 5.91 Å². The Morgan fingerprint density at radius 2 is 1.78 bits per heavy atom. The molecular formula is C22H24N2O3. The zero-order valence-electron chi connectivity index (χ0n) is 16.1. The summed E-state index contributed by atoms with van der Waals surface area (Å²) in [5.74, 6) is -1.23. The van der Waals surface area contributed by atoms with Crippen LogP contribution in [0.15, 0.2) is 48.5 Å². The highest BCUT2D eigenvalue weighted by molar-refractivity contribution is 6.01. The summed E-state index contributed by atoms with van der Waals surface area (Å²) < 4.78 is 5.03. The highest BCUT2D eigenvalue weighted by Crippen LogP contribution is 2.34. The van der Waals surface area contributed by atoms with Gasteiger partial charge in [-0.3, -0.25) is 9.69 Å². The lowest BCUT2D eigenvalue weighted by atomic mass is 9.83. The zero-order chi connectivity index (χ0) is 20.0. The monoisotopic (exact) mass is 364 g/mol. The standard InChI is InChI=1S/C22H24N2O3/c1-15(2)13-19(21(25)24(3)14-23)18-12-8-11-17(20(18)22(26)27-4)16-9-6-5-7-10-16/h5-12,15,19H,13H2,1-4H3. The van der Waals surface area contributed by atoms with Crippen LogP contribution < -0.4 is 0 Å². The third-order valence-corrected chi connectivity index (χ3v) is 4.43. The lowest BCUT2D eigenvalue weighted by Crippen LogP contribution is -2.30. The summed E-state index contributed by atoms with van der Waals surface area (Å²) in [6, 6.07) is 14.9. The van der Waals surface area contributed by atoms with E-state index in [1.807, 2.05) is 62.5 Å². The Kier molecular flexibility index (Phi) is 6.73. The van der Waals surface area contributed by atoms with Crippen molar-refractivity contribution in [1.29, 1.82) is 5.26 Å². The summed E-state index contributed by atoms with van der Waals surface area (Å²) >= 11 is 0. The van der Waals surface area contributed by atoms with Gasteiger partial charge in [0.15, 0.2) is 6.19 Å². The van der Waals surface area contributed by atoms with Crippen molar-refractivity contribution in [1.82, 2.24) is 4.90 Å². The van der Waals surface area contributed by atoms with Crippen molar-refractivity contribution in [2.75, 3.05) is 14.2 Å². The Labute approximate surface area is 160 Å². The maximum absolute atomic E-state index is 12.9. The molecule has 1 unspecified atom stereocenters. The molecule has 2 rings (SSSR count). The summed E-state index contributed by atoms with van der Waals surface area (Å²) in [4.78, 5) is 26.6. The van der Waals surface area contributed by atoms with Gasteiger partial charge in [0, 0.05) is 7.05 Å². The van der Waals surface area contributed by atoms with E-state index >= 15 is 0 Å². The van der Waals surface area contributed by atoms with Gasteiger partial charge in [0.1, 0.15) is 0 Å². The Hall–Kier alpha value is -3.13. The minimum atomic E-state index is -0.604. The number of methoxy groups -OCH3 is 1. The first-order chi connectivity index (χ1) is 12.9. The maximum atomic E-state index is 12.9. The van der Waals surface area contributed by atoms with Gasteiger partial charge in [0.25, 0.3) is 0 Å². The molecule has 0 saturated carbocycles. The van der Waals surface area contributed by atoms with Crippen molar-refractivity contribution < 1.29 is 14.3 Å². The summed E-state index contributed by atoms with van der Waals surface area (Å²) in [6.07, 6.45) is 2.39. The summed E-state index contributed by atoms with van der Waals surface area (Å²) in [5.41, 5.74) is 2.53. The number of hydrogen-bond donors (Lipinski definition) is 0. The van der Waals surface area contributed by atoms with Crippen molar-refractivity contribution in [2.45, 2.75) is 26.2 Å². The van der Waals surface area contributed by atoms with Gasteiger partial charge >= 0.3 is 5.97 Å². The molecule has 0 aliphatic carbocycles. The van der Waals surface area contributed by atoms with E-state index in [-0.39, 0.29) is 11.8 Å². The number of carbonyl (C=O) groups is 2. The number of hydrogen-bond acceptors (Lipinski definition) is 4. The molecule has 0 aliphatic heterocycles. The largest absolute Gasteiger partial charge is 0.465 e. The van der Waals surface area contributed by atoms with Crippen LogP contribution in [0.1, 0.15) is 42.1 Å². The van der Waals surface area contributed by atoms with Crippen molar-refractivity contribution in [3.8, 4) is 17.3 Å². The molecule has 0 bridgehead atoms. The van der Waals surface area contributed by atoms with E-state index in [0.29, 0.717) is 23.1 Å². The number of rotatable bonds is 6. The van der Waals surface area contributed by atoms with Gasteiger partial charge < -0.3 is 4.74 Å². The molecule has 2 aromatic rings. The average molecular weight is 364 g/mol. The van der Waals surface area contributed by atoms with Crippen LogP contribution in [0.2, 0.25) is 0 Å². The van der Waals surface area contributed by atoms with Crippen LogP contribution in [-0.2, 0) is 9.53 Å². The van der Waals surface area contributed by atoms with E-state index in [4.69, 9.17) is 10.00 Å². The van der Waals surface area contributed by atoms with Crippen LogP contribution in [0.25, 0.3) is 11.1 Å². The SMILES string of the molecule is COC(=O)c1c(-c2ccccc2)cccc1C(CC(C)C)C(=O)N(C)C#N. The molecule has 27 heavy (non-hydrogen) atoms. The number of benzene rings is 2. The van der Waals surface area contributed by atoms with Gasteiger partial charge in [-0.05, 0) is 29.0 Å². The topological polar surface area (TPSA) is 70.4 Å². The summed E-state index contributed by atoms with van der Waals surface area (Å²) in [6.45, 7) is 4.01. The molecule has 5 heteroatoms. The van der Waals surface area contributed by atoms with E-state index in [1.54, 1.807) is 6.07 Å². The second-order valence-corrected chi connectivity index (χ2v) is 6.81. The van der Waals surface area contributed by atoms with Crippen LogP contribution >= 0.6 is 0 Å². The van der Waals surface area contributed by atoms with Gasteiger partial charge in [-0.1, -0.05) is 62.4 Å². The molecule has 0 aliphatic rings. The van der Waals surface area contributed by atoms with Crippen molar-refractivity contribution >= 4 is 11.9 Å². The first-order valence-corrected chi connectivity index (χ1v) is 8.84. The Morgan fingerprint density at radius 1 is 1.11 bits per heavy atom. The minimum Gasteiger partial charge on any atom is -0.465 e. The number of likely N-dealkylation sites (N-methyl/N-ethyl adjacent to an activating group) is 1. The van der Waals surface area contributed by atoms with E-state index in [2.05, 4.69) is 0 Å². The van der Waals surface area contributed by atoms with E-state index in [9.17, 15) is 9.59 Å². The number of amides is 1. The first-order valence-electron chi connectivity index (χ1n) is 8.84. The lowest BCUT2D eigenvalue weighted by molar-refractivity contribution is -0.129.